The summed E-state index contributed by atoms with van der Waals surface area (Å²) in [5.74, 6) is 0. The van der Waals surface area contributed by atoms with Gasteiger partial charge in [0.1, 0.15) is 0 Å². The van der Waals surface area contributed by atoms with Crippen molar-refractivity contribution in [2.24, 2.45) is 0 Å². The Morgan fingerprint density at radius 2 is 0.946 bits per heavy atom. The molecule has 2 fully saturated rings. The molecule has 2 aliphatic rings. The first-order valence-corrected chi connectivity index (χ1v) is 24.7. The smallest absolute Gasteiger partial charge is 0.243 e. The van der Waals surface area contributed by atoms with E-state index in [1.165, 1.54) is 0 Å². The third kappa shape index (κ3) is 9.76. The predicted octanol–water partition coefficient (Wildman–Crippen LogP) is 9.58. The molecule has 0 amide bonds. The van der Waals surface area contributed by atoms with Crippen LogP contribution in [0.15, 0.2) is 131 Å². The highest BCUT2D eigenvalue weighted by Gasteiger charge is 2.31. The molecule has 4 heterocycles. The van der Waals surface area contributed by atoms with E-state index in [0.29, 0.717) is 67.2 Å². The normalized spacial score (nSPS) is 15.7. The van der Waals surface area contributed by atoms with Crippen molar-refractivity contribution in [3.05, 3.63) is 126 Å². The van der Waals surface area contributed by atoms with Gasteiger partial charge in [-0.15, -0.1) is 22.7 Å². The average Bonchev–Trinajstić information content (AvgIpc) is 3.91. The van der Waals surface area contributed by atoms with Crippen LogP contribution in [0.1, 0.15) is 0 Å². The van der Waals surface area contributed by atoms with Gasteiger partial charge in [-0.2, -0.15) is 8.61 Å². The summed E-state index contributed by atoms with van der Waals surface area (Å²) in [4.78, 5) is 14.4. The molecule has 0 saturated carbocycles. The molecule has 0 N–H and O–H groups in total. The van der Waals surface area contributed by atoms with Crippen LogP contribution in [0, 0.1) is 0 Å². The highest BCUT2D eigenvalue weighted by atomic mass is 79.9. The van der Waals surface area contributed by atoms with Crippen molar-refractivity contribution in [3.63, 3.8) is 0 Å². The fourth-order valence-corrected chi connectivity index (χ4v) is 11.8. The number of halogens is 4. The number of piperazine rings is 2. The van der Waals surface area contributed by atoms with Gasteiger partial charge in [0.05, 0.1) is 21.2 Å². The topological polar surface area (TPSA) is 107 Å². The molecule has 4 aromatic carbocycles. The second kappa shape index (κ2) is 18.1. The molecule has 0 radical (unpaired) electrons. The van der Waals surface area contributed by atoms with Crippen molar-refractivity contribution in [1.82, 2.24) is 18.6 Å². The third-order valence-electron chi connectivity index (χ3n) is 9.17. The molecule has 10 nitrogen and oxygen atoms in total. The number of hydrogen-bond donors (Lipinski definition) is 0. The zero-order valence-corrected chi connectivity index (χ0v) is 38.3. The Hall–Kier alpha value is -2.71. The van der Waals surface area contributed by atoms with E-state index in [4.69, 9.17) is 21.6 Å². The molecule has 2 aromatic heterocycles. The summed E-state index contributed by atoms with van der Waals surface area (Å²) >= 11 is 19.3. The molecule has 2 saturated heterocycles. The Morgan fingerprint density at radius 3 is 1.38 bits per heavy atom. The number of hydrogen-bond acceptors (Lipinski definition) is 10. The number of rotatable bonds is 8. The number of thiazole rings is 2. The number of anilines is 2. The fraction of sp³-hybridized carbons (Fsp3) is 0.211. The first-order valence-electron chi connectivity index (χ1n) is 17.3. The van der Waals surface area contributed by atoms with Crippen molar-refractivity contribution in [2.75, 3.05) is 62.2 Å². The average molecular weight is 1040 g/mol. The quantitative estimate of drug-likeness (QED) is 0.149. The van der Waals surface area contributed by atoms with Crippen LogP contribution in [-0.4, -0.2) is 87.8 Å². The Bertz CT molecular complexity index is 2490. The van der Waals surface area contributed by atoms with Crippen LogP contribution >= 0.6 is 82.1 Å². The standard InChI is InChI=1S/C19H17Br2N3O2S2.C19H17BrClN3O2S2/c20-15-4-6-17(7-5-15)28(25,26)24-10-8-23(9-11-24)19-22-18(13-27-19)14-2-1-3-16(21)12-14;20-15-3-7-17(8-4-15)28(25,26)24-11-9-23(10-12-24)19-22-18(13-27-19)14-1-5-16(21)6-2-14/h1-7,12-13H,8-11H2;1-8,13H,9-12H2. The molecule has 292 valence electrons. The number of nitrogens with zero attached hydrogens (tertiary/aromatic N) is 6. The molecule has 0 unspecified atom stereocenters. The highest BCUT2D eigenvalue weighted by molar-refractivity contribution is 9.11. The van der Waals surface area contributed by atoms with Gasteiger partial charge in [0.2, 0.25) is 20.0 Å². The molecule has 2 aliphatic heterocycles. The molecule has 0 bridgehead atoms. The minimum absolute atomic E-state index is 0.323. The van der Waals surface area contributed by atoms with E-state index < -0.39 is 20.0 Å². The summed E-state index contributed by atoms with van der Waals surface area (Å²) in [5, 5.41) is 6.59. The van der Waals surface area contributed by atoms with E-state index >= 15 is 0 Å². The Balaban J connectivity index is 0.000000172. The van der Waals surface area contributed by atoms with Crippen LogP contribution in [-0.2, 0) is 20.0 Å². The van der Waals surface area contributed by atoms with Crippen LogP contribution in [0.5, 0.6) is 0 Å². The SMILES string of the molecule is O=S(=O)(c1ccc(Br)cc1)N1CCN(c2nc(-c3ccc(Cl)cc3)cs2)CC1.O=S(=O)(c1ccc(Br)cc1)N1CCN(c2nc(-c3cccc(Br)c3)cs2)CC1. The summed E-state index contributed by atoms with van der Waals surface area (Å²) < 4.78 is 57.2. The van der Waals surface area contributed by atoms with E-state index in [0.717, 1.165) is 46.2 Å². The van der Waals surface area contributed by atoms with Crippen molar-refractivity contribution in [3.8, 4) is 22.5 Å². The Morgan fingerprint density at radius 1 is 0.518 bits per heavy atom. The molecule has 0 aliphatic carbocycles. The van der Waals surface area contributed by atoms with Gasteiger partial charge in [-0.1, -0.05) is 83.7 Å². The lowest BCUT2D eigenvalue weighted by molar-refractivity contribution is 0.384. The van der Waals surface area contributed by atoms with E-state index in [1.807, 2.05) is 59.3 Å². The minimum Gasteiger partial charge on any atom is -0.345 e. The van der Waals surface area contributed by atoms with Crippen LogP contribution < -0.4 is 9.80 Å². The highest BCUT2D eigenvalue weighted by Crippen LogP contribution is 2.32. The maximum Gasteiger partial charge on any atom is 0.243 e. The molecule has 18 heteroatoms. The van der Waals surface area contributed by atoms with Crippen LogP contribution in [0.25, 0.3) is 22.5 Å². The van der Waals surface area contributed by atoms with E-state index in [1.54, 1.807) is 79.8 Å². The van der Waals surface area contributed by atoms with Crippen LogP contribution in [0.4, 0.5) is 10.3 Å². The second-order valence-corrected chi connectivity index (χ2v) is 21.5. The largest absolute Gasteiger partial charge is 0.345 e. The summed E-state index contributed by atoms with van der Waals surface area (Å²) in [5.41, 5.74) is 3.92. The maximum atomic E-state index is 12.8. The minimum atomic E-state index is -3.47. The van der Waals surface area contributed by atoms with Gasteiger partial charge in [0.15, 0.2) is 10.3 Å². The lowest BCUT2D eigenvalue weighted by Gasteiger charge is -2.33. The van der Waals surface area contributed by atoms with Crippen LogP contribution in [0.2, 0.25) is 5.02 Å². The summed E-state index contributed by atoms with van der Waals surface area (Å²) in [6, 6.07) is 29.2. The van der Waals surface area contributed by atoms with Gasteiger partial charge in [0, 0.05) is 92.7 Å². The summed E-state index contributed by atoms with van der Waals surface area (Å²) in [7, 11) is -6.93. The number of sulfonamides is 2. The monoisotopic (exact) mass is 1040 g/mol. The third-order valence-corrected chi connectivity index (χ3v) is 16.6. The van der Waals surface area contributed by atoms with Gasteiger partial charge in [-0.25, -0.2) is 26.8 Å². The molecule has 0 spiro atoms. The lowest BCUT2D eigenvalue weighted by atomic mass is 10.2. The fourth-order valence-electron chi connectivity index (χ4n) is 6.10. The van der Waals surface area contributed by atoms with Gasteiger partial charge >= 0.3 is 0 Å². The van der Waals surface area contributed by atoms with Crippen molar-refractivity contribution in [1.29, 1.82) is 0 Å². The molecular weight excluding hydrogens is 1010 g/mol. The Labute approximate surface area is 365 Å². The van der Waals surface area contributed by atoms with Crippen molar-refractivity contribution >= 4 is 112 Å². The van der Waals surface area contributed by atoms with Crippen molar-refractivity contribution in [2.45, 2.75) is 9.79 Å². The zero-order chi connectivity index (χ0) is 39.5. The lowest BCUT2D eigenvalue weighted by Crippen LogP contribution is -2.48. The van der Waals surface area contributed by atoms with E-state index in [9.17, 15) is 16.8 Å². The Kier molecular flexibility index (Phi) is 13.4. The summed E-state index contributed by atoms with van der Waals surface area (Å²) in [6.45, 7) is 4.26. The van der Waals surface area contributed by atoms with Crippen molar-refractivity contribution < 1.29 is 16.8 Å². The molecule has 56 heavy (non-hydrogen) atoms. The molecular formula is C38H34Br3ClN6O4S4. The van der Waals surface area contributed by atoms with E-state index in [-0.39, 0.29) is 0 Å². The van der Waals surface area contributed by atoms with Gasteiger partial charge in [-0.3, -0.25) is 0 Å². The second-order valence-electron chi connectivity index (χ2n) is 12.7. The first kappa shape index (κ1) is 41.4. The number of aromatic nitrogens is 2. The van der Waals surface area contributed by atoms with Gasteiger partial charge < -0.3 is 9.80 Å². The predicted molar refractivity (Wildman–Crippen MR) is 238 cm³/mol. The molecule has 0 atom stereocenters. The maximum absolute atomic E-state index is 12.8. The van der Waals surface area contributed by atoms with Gasteiger partial charge in [-0.05, 0) is 72.8 Å². The zero-order valence-electron chi connectivity index (χ0n) is 29.5. The van der Waals surface area contributed by atoms with Crippen LogP contribution in [0.3, 0.4) is 0 Å². The molecule has 8 rings (SSSR count). The first-order chi connectivity index (χ1) is 26.9. The summed E-state index contributed by atoms with van der Waals surface area (Å²) in [6.07, 6.45) is 0. The number of benzene rings is 4. The van der Waals surface area contributed by atoms with E-state index in [2.05, 4.69) is 57.6 Å². The van der Waals surface area contributed by atoms with Gasteiger partial charge in [0.25, 0.3) is 0 Å². The molecule has 6 aromatic rings.